The zero-order chi connectivity index (χ0) is 11.8. The summed E-state index contributed by atoms with van der Waals surface area (Å²) in [5.41, 5.74) is 2.13. The molecule has 0 amide bonds. The van der Waals surface area contributed by atoms with Crippen molar-refractivity contribution < 1.29 is 0 Å². The Hall–Kier alpha value is -1.94. The topological polar surface area (TPSA) is 43.6 Å². The summed E-state index contributed by atoms with van der Waals surface area (Å²) in [6.07, 6.45) is 3.35. The number of aromatic nitrogens is 4. The summed E-state index contributed by atoms with van der Waals surface area (Å²) in [5, 5.41) is 5.94. The SMILES string of the molecule is Cc1ccc2cn(-c3cc(Cl)ncn3)nc2c1. The predicted molar refractivity (Wildman–Crippen MR) is 66.4 cm³/mol. The molecule has 84 valence electrons. The summed E-state index contributed by atoms with van der Waals surface area (Å²) >= 11 is 5.83. The molecule has 2 aromatic heterocycles. The van der Waals surface area contributed by atoms with Gasteiger partial charge in [-0.3, -0.25) is 0 Å². The van der Waals surface area contributed by atoms with E-state index in [0.717, 1.165) is 10.9 Å². The lowest BCUT2D eigenvalue weighted by atomic mass is 10.2. The van der Waals surface area contributed by atoms with Gasteiger partial charge in [-0.25, -0.2) is 14.6 Å². The summed E-state index contributed by atoms with van der Waals surface area (Å²) < 4.78 is 1.71. The van der Waals surface area contributed by atoms with Crippen molar-refractivity contribution in [2.24, 2.45) is 0 Å². The van der Waals surface area contributed by atoms with Crippen LogP contribution in [0, 0.1) is 6.92 Å². The minimum Gasteiger partial charge on any atom is -0.224 e. The van der Waals surface area contributed by atoms with Crippen molar-refractivity contribution in [1.29, 1.82) is 0 Å². The van der Waals surface area contributed by atoms with Crippen LogP contribution < -0.4 is 0 Å². The third kappa shape index (κ3) is 1.87. The molecule has 3 aromatic rings. The van der Waals surface area contributed by atoms with Crippen molar-refractivity contribution >= 4 is 22.5 Å². The predicted octanol–water partition coefficient (Wildman–Crippen LogP) is 2.78. The average molecular weight is 245 g/mol. The Labute approximate surface area is 103 Å². The van der Waals surface area contributed by atoms with Crippen LogP contribution in [0.1, 0.15) is 5.56 Å². The van der Waals surface area contributed by atoms with Crippen molar-refractivity contribution in [3.05, 3.63) is 47.5 Å². The van der Waals surface area contributed by atoms with Crippen molar-refractivity contribution in [1.82, 2.24) is 19.7 Å². The van der Waals surface area contributed by atoms with E-state index in [-0.39, 0.29) is 0 Å². The summed E-state index contributed by atoms with van der Waals surface area (Å²) in [7, 11) is 0. The summed E-state index contributed by atoms with van der Waals surface area (Å²) in [6, 6.07) is 7.81. The van der Waals surface area contributed by atoms with Crippen LogP contribution in [0.3, 0.4) is 0 Å². The Kier molecular flexibility index (Phi) is 2.30. The molecule has 0 aliphatic heterocycles. The summed E-state index contributed by atoms with van der Waals surface area (Å²) in [6.45, 7) is 2.04. The van der Waals surface area contributed by atoms with Crippen LogP contribution in [-0.4, -0.2) is 19.7 Å². The molecule has 5 heteroatoms. The van der Waals surface area contributed by atoms with Gasteiger partial charge in [-0.1, -0.05) is 23.7 Å². The fourth-order valence-corrected chi connectivity index (χ4v) is 1.83. The number of fused-ring (bicyclic) bond motifs is 1. The van der Waals surface area contributed by atoms with E-state index in [1.165, 1.54) is 11.9 Å². The Morgan fingerprint density at radius 3 is 2.88 bits per heavy atom. The van der Waals surface area contributed by atoms with Gasteiger partial charge in [-0.05, 0) is 18.6 Å². The van der Waals surface area contributed by atoms with E-state index in [0.29, 0.717) is 11.0 Å². The molecule has 1 aromatic carbocycles. The number of hydrogen-bond donors (Lipinski definition) is 0. The van der Waals surface area contributed by atoms with E-state index in [9.17, 15) is 0 Å². The van der Waals surface area contributed by atoms with E-state index < -0.39 is 0 Å². The smallest absolute Gasteiger partial charge is 0.158 e. The first-order chi connectivity index (χ1) is 8.22. The Morgan fingerprint density at radius 1 is 1.18 bits per heavy atom. The molecular weight excluding hydrogens is 236 g/mol. The van der Waals surface area contributed by atoms with Crippen LogP contribution in [0.2, 0.25) is 5.15 Å². The quantitative estimate of drug-likeness (QED) is 0.618. The molecule has 0 unspecified atom stereocenters. The van der Waals surface area contributed by atoms with Crippen LogP contribution in [0.15, 0.2) is 36.8 Å². The van der Waals surface area contributed by atoms with E-state index >= 15 is 0 Å². The highest BCUT2D eigenvalue weighted by Gasteiger charge is 2.04. The zero-order valence-corrected chi connectivity index (χ0v) is 9.89. The fourth-order valence-electron chi connectivity index (χ4n) is 1.69. The fraction of sp³-hybridized carbons (Fsp3) is 0.0833. The summed E-state index contributed by atoms with van der Waals surface area (Å²) in [4.78, 5) is 7.98. The second-order valence-corrected chi connectivity index (χ2v) is 4.22. The normalized spacial score (nSPS) is 10.9. The van der Waals surface area contributed by atoms with Gasteiger partial charge in [0.05, 0.1) is 5.52 Å². The van der Waals surface area contributed by atoms with Crippen molar-refractivity contribution in [2.75, 3.05) is 0 Å². The van der Waals surface area contributed by atoms with Gasteiger partial charge < -0.3 is 0 Å². The highest BCUT2D eigenvalue weighted by Crippen LogP contribution is 2.16. The second-order valence-electron chi connectivity index (χ2n) is 3.83. The second kappa shape index (κ2) is 3.82. The maximum Gasteiger partial charge on any atom is 0.158 e. The van der Waals surface area contributed by atoms with Gasteiger partial charge in [0.2, 0.25) is 0 Å². The van der Waals surface area contributed by atoms with Crippen molar-refractivity contribution in [3.63, 3.8) is 0 Å². The van der Waals surface area contributed by atoms with E-state index in [1.54, 1.807) is 10.7 Å². The number of benzene rings is 1. The minimum atomic E-state index is 0.408. The first kappa shape index (κ1) is 10.2. The molecule has 2 heterocycles. The van der Waals surface area contributed by atoms with Gasteiger partial charge in [0, 0.05) is 17.6 Å². The molecule has 0 radical (unpaired) electrons. The summed E-state index contributed by atoms with van der Waals surface area (Å²) in [5.74, 6) is 0.666. The molecule has 3 rings (SSSR count). The molecule has 0 saturated heterocycles. The number of halogens is 1. The first-order valence-corrected chi connectivity index (χ1v) is 5.54. The lowest BCUT2D eigenvalue weighted by Gasteiger charge is -1.98. The van der Waals surface area contributed by atoms with Crippen molar-refractivity contribution in [3.8, 4) is 5.82 Å². The Balaban J connectivity index is 2.18. The van der Waals surface area contributed by atoms with Gasteiger partial charge >= 0.3 is 0 Å². The molecule has 0 fully saturated rings. The maximum absolute atomic E-state index is 5.83. The number of hydrogen-bond acceptors (Lipinski definition) is 3. The lowest BCUT2D eigenvalue weighted by molar-refractivity contribution is 0.852. The molecule has 0 aliphatic carbocycles. The van der Waals surface area contributed by atoms with Crippen LogP contribution in [0.5, 0.6) is 0 Å². The monoisotopic (exact) mass is 244 g/mol. The molecule has 0 bridgehead atoms. The first-order valence-electron chi connectivity index (χ1n) is 5.16. The van der Waals surface area contributed by atoms with Crippen molar-refractivity contribution in [2.45, 2.75) is 6.92 Å². The third-order valence-electron chi connectivity index (χ3n) is 2.52. The molecular formula is C12H9ClN4. The molecule has 4 nitrogen and oxygen atoms in total. The highest BCUT2D eigenvalue weighted by atomic mass is 35.5. The largest absolute Gasteiger partial charge is 0.224 e. The standard InChI is InChI=1S/C12H9ClN4/c1-8-2-3-9-6-17(16-10(9)4-8)12-5-11(13)14-7-15-12/h2-7H,1H3. The van der Waals surface area contributed by atoms with Gasteiger partial charge in [0.15, 0.2) is 5.82 Å². The van der Waals surface area contributed by atoms with Gasteiger partial charge in [0.25, 0.3) is 0 Å². The molecule has 0 spiro atoms. The zero-order valence-electron chi connectivity index (χ0n) is 9.13. The van der Waals surface area contributed by atoms with E-state index in [4.69, 9.17) is 11.6 Å². The van der Waals surface area contributed by atoms with E-state index in [2.05, 4.69) is 21.1 Å². The number of nitrogens with zero attached hydrogens (tertiary/aromatic N) is 4. The van der Waals surface area contributed by atoms with E-state index in [1.807, 2.05) is 25.3 Å². The average Bonchev–Trinajstić information content (AvgIpc) is 2.72. The molecule has 0 aliphatic rings. The molecule has 0 saturated carbocycles. The number of aryl methyl sites for hydroxylation is 1. The molecule has 0 N–H and O–H groups in total. The molecule has 17 heavy (non-hydrogen) atoms. The lowest BCUT2D eigenvalue weighted by Crippen LogP contribution is -1.97. The van der Waals surface area contributed by atoms with Gasteiger partial charge in [0.1, 0.15) is 11.5 Å². The number of rotatable bonds is 1. The minimum absolute atomic E-state index is 0.408. The third-order valence-corrected chi connectivity index (χ3v) is 2.72. The maximum atomic E-state index is 5.83. The van der Waals surface area contributed by atoms with Crippen LogP contribution in [0.4, 0.5) is 0 Å². The highest BCUT2D eigenvalue weighted by molar-refractivity contribution is 6.29. The Morgan fingerprint density at radius 2 is 2.06 bits per heavy atom. The van der Waals surface area contributed by atoms with Gasteiger partial charge in [-0.2, -0.15) is 5.10 Å². The Bertz CT molecular complexity index is 690. The van der Waals surface area contributed by atoms with Crippen LogP contribution in [0.25, 0.3) is 16.7 Å². The van der Waals surface area contributed by atoms with Crippen LogP contribution >= 0.6 is 11.6 Å². The van der Waals surface area contributed by atoms with Gasteiger partial charge in [-0.15, -0.1) is 0 Å². The van der Waals surface area contributed by atoms with Crippen LogP contribution in [-0.2, 0) is 0 Å². The molecule has 0 atom stereocenters.